The highest BCUT2D eigenvalue weighted by Gasteiger charge is 2.60. The van der Waals surface area contributed by atoms with Gasteiger partial charge in [0, 0.05) is 0 Å². The molecule has 3 nitrogen and oxygen atoms in total. The maximum absolute atomic E-state index is 13.0. The van der Waals surface area contributed by atoms with Gasteiger partial charge in [-0.2, -0.15) is 0 Å². The fourth-order valence-corrected chi connectivity index (χ4v) is 4.19. The number of esters is 1. The van der Waals surface area contributed by atoms with E-state index < -0.39 is 11.0 Å². The standard InChI is InChI=1S/C22H24O3/c1-3-4-15-21(20(23)25-2)16-14-17-10-8-9-13-19(17)22(21,24)18-11-6-5-7-12-18/h3,5-13,24H,1,4,14-16H2,2H3/t21-,22+/m0/s1. The van der Waals surface area contributed by atoms with Gasteiger partial charge in [-0.15, -0.1) is 6.58 Å². The molecule has 0 saturated heterocycles. The van der Waals surface area contributed by atoms with Gasteiger partial charge in [-0.25, -0.2) is 0 Å². The second-order valence-electron chi connectivity index (χ2n) is 6.63. The van der Waals surface area contributed by atoms with Crippen molar-refractivity contribution in [3.8, 4) is 0 Å². The Bertz CT molecular complexity index is 768. The van der Waals surface area contributed by atoms with E-state index in [2.05, 4.69) is 6.58 Å². The average molecular weight is 336 g/mol. The third-order valence-electron chi connectivity index (χ3n) is 5.46. The lowest BCUT2D eigenvalue weighted by Crippen LogP contribution is -2.55. The summed E-state index contributed by atoms with van der Waals surface area (Å²) in [4.78, 5) is 13.0. The fraction of sp³-hybridized carbons (Fsp3) is 0.318. The average Bonchev–Trinajstić information content (AvgIpc) is 2.68. The number of benzene rings is 2. The first-order chi connectivity index (χ1) is 12.1. The molecule has 2 aromatic rings. The predicted octanol–water partition coefficient (Wildman–Crippen LogP) is 3.99. The number of aryl methyl sites for hydroxylation is 1. The van der Waals surface area contributed by atoms with Crippen LogP contribution in [0.4, 0.5) is 0 Å². The van der Waals surface area contributed by atoms with Crippen LogP contribution in [0.1, 0.15) is 36.0 Å². The smallest absolute Gasteiger partial charge is 0.315 e. The molecule has 3 heteroatoms. The van der Waals surface area contributed by atoms with Crippen LogP contribution in [0.2, 0.25) is 0 Å². The minimum atomic E-state index is -1.43. The Balaban J connectivity index is 2.30. The lowest BCUT2D eigenvalue weighted by molar-refractivity contribution is -0.173. The first-order valence-corrected chi connectivity index (χ1v) is 8.66. The third-order valence-corrected chi connectivity index (χ3v) is 5.46. The molecule has 2 aromatic carbocycles. The highest BCUT2D eigenvalue weighted by molar-refractivity contribution is 5.81. The Hall–Kier alpha value is -2.39. The van der Waals surface area contributed by atoms with Gasteiger partial charge in [0.15, 0.2) is 0 Å². The van der Waals surface area contributed by atoms with Crippen molar-refractivity contribution in [1.29, 1.82) is 0 Å². The molecule has 0 amide bonds. The molecule has 0 heterocycles. The van der Waals surface area contributed by atoms with E-state index >= 15 is 0 Å². The molecule has 0 spiro atoms. The van der Waals surface area contributed by atoms with Crippen molar-refractivity contribution in [3.63, 3.8) is 0 Å². The lowest BCUT2D eigenvalue weighted by Gasteiger charge is -2.49. The van der Waals surface area contributed by atoms with Crippen LogP contribution in [0.25, 0.3) is 0 Å². The summed E-state index contributed by atoms with van der Waals surface area (Å²) < 4.78 is 5.19. The first kappa shape index (κ1) is 17.4. The first-order valence-electron chi connectivity index (χ1n) is 8.66. The van der Waals surface area contributed by atoms with Gasteiger partial charge in [-0.1, -0.05) is 60.7 Å². The van der Waals surface area contributed by atoms with E-state index in [4.69, 9.17) is 4.74 Å². The van der Waals surface area contributed by atoms with Crippen molar-refractivity contribution >= 4 is 5.97 Å². The third kappa shape index (κ3) is 2.59. The molecule has 0 unspecified atom stereocenters. The van der Waals surface area contributed by atoms with Crippen LogP contribution in [0.3, 0.4) is 0 Å². The molecular formula is C22H24O3. The number of hydrogen-bond acceptors (Lipinski definition) is 3. The Labute approximate surface area is 149 Å². The van der Waals surface area contributed by atoms with Gasteiger partial charge in [0.25, 0.3) is 0 Å². The van der Waals surface area contributed by atoms with Gasteiger partial charge in [0.05, 0.1) is 7.11 Å². The zero-order valence-electron chi connectivity index (χ0n) is 14.6. The molecule has 0 fully saturated rings. The number of ether oxygens (including phenoxy) is 1. The van der Waals surface area contributed by atoms with Crippen molar-refractivity contribution in [2.75, 3.05) is 7.11 Å². The van der Waals surface area contributed by atoms with E-state index in [-0.39, 0.29) is 5.97 Å². The molecule has 0 bridgehead atoms. The van der Waals surface area contributed by atoms with Gasteiger partial charge in [-0.05, 0) is 42.4 Å². The molecule has 1 aliphatic rings. The molecule has 25 heavy (non-hydrogen) atoms. The molecule has 130 valence electrons. The largest absolute Gasteiger partial charge is 0.468 e. The van der Waals surface area contributed by atoms with E-state index in [0.29, 0.717) is 19.3 Å². The van der Waals surface area contributed by atoms with E-state index in [1.54, 1.807) is 6.08 Å². The summed E-state index contributed by atoms with van der Waals surface area (Å²) in [6.07, 6.45) is 4.18. The molecule has 3 rings (SSSR count). The molecule has 1 N–H and O–H groups in total. The summed E-state index contributed by atoms with van der Waals surface area (Å²) in [6, 6.07) is 17.3. The molecule has 0 radical (unpaired) electrons. The quantitative estimate of drug-likeness (QED) is 0.663. The monoisotopic (exact) mass is 336 g/mol. The molecule has 1 aliphatic carbocycles. The van der Waals surface area contributed by atoms with Gasteiger partial charge >= 0.3 is 5.97 Å². The number of carbonyl (C=O) groups excluding carboxylic acids is 1. The van der Waals surface area contributed by atoms with Gasteiger partial charge < -0.3 is 9.84 Å². The SMILES string of the molecule is C=CCC[C@@]1(C(=O)OC)CCc2ccccc2[C@]1(O)c1ccccc1. The summed E-state index contributed by atoms with van der Waals surface area (Å²) in [6.45, 7) is 3.79. The maximum atomic E-state index is 13.0. The van der Waals surface area contributed by atoms with E-state index in [1.807, 2.05) is 54.6 Å². The van der Waals surface area contributed by atoms with E-state index in [0.717, 1.165) is 23.1 Å². The van der Waals surface area contributed by atoms with Gasteiger partial charge in [0.1, 0.15) is 11.0 Å². The van der Waals surface area contributed by atoms with Crippen LogP contribution in [-0.2, 0) is 21.6 Å². The van der Waals surface area contributed by atoms with Crippen LogP contribution >= 0.6 is 0 Å². The van der Waals surface area contributed by atoms with Crippen LogP contribution < -0.4 is 0 Å². The van der Waals surface area contributed by atoms with Crippen molar-refractivity contribution in [2.45, 2.75) is 31.3 Å². The summed E-state index contributed by atoms with van der Waals surface area (Å²) in [7, 11) is 1.39. The maximum Gasteiger partial charge on any atom is 0.315 e. The minimum Gasteiger partial charge on any atom is -0.468 e. The number of hydrogen-bond donors (Lipinski definition) is 1. The number of aliphatic hydroxyl groups is 1. The normalized spacial score (nSPS) is 25.0. The fourth-order valence-electron chi connectivity index (χ4n) is 4.19. The number of methoxy groups -OCH3 is 1. The summed E-state index contributed by atoms with van der Waals surface area (Å²) >= 11 is 0. The zero-order valence-corrected chi connectivity index (χ0v) is 14.6. The summed E-state index contributed by atoms with van der Waals surface area (Å²) in [5, 5.41) is 12.1. The highest BCUT2D eigenvalue weighted by Crippen LogP contribution is 2.55. The number of allylic oxidation sites excluding steroid dienone is 1. The molecule has 0 aliphatic heterocycles. The van der Waals surface area contributed by atoms with Gasteiger partial charge in [0.2, 0.25) is 0 Å². The second-order valence-corrected chi connectivity index (χ2v) is 6.63. The predicted molar refractivity (Wildman–Crippen MR) is 98.1 cm³/mol. The van der Waals surface area contributed by atoms with Crippen molar-refractivity contribution in [3.05, 3.63) is 83.9 Å². The molecule has 0 saturated carbocycles. The number of rotatable bonds is 5. The molecular weight excluding hydrogens is 312 g/mol. The van der Waals surface area contributed by atoms with Crippen molar-refractivity contribution in [2.24, 2.45) is 5.41 Å². The molecule has 0 aromatic heterocycles. The zero-order chi connectivity index (χ0) is 17.9. The van der Waals surface area contributed by atoms with Gasteiger partial charge in [-0.3, -0.25) is 4.79 Å². The topological polar surface area (TPSA) is 46.5 Å². The van der Waals surface area contributed by atoms with E-state index in [9.17, 15) is 9.90 Å². The number of carbonyl (C=O) groups is 1. The number of fused-ring (bicyclic) bond motifs is 1. The Morgan fingerprint density at radius 2 is 1.88 bits per heavy atom. The minimum absolute atomic E-state index is 0.366. The Morgan fingerprint density at radius 1 is 1.20 bits per heavy atom. The lowest BCUT2D eigenvalue weighted by atomic mass is 9.56. The highest BCUT2D eigenvalue weighted by atomic mass is 16.5. The van der Waals surface area contributed by atoms with Crippen molar-refractivity contribution in [1.82, 2.24) is 0 Å². The summed E-state index contributed by atoms with van der Waals surface area (Å²) in [5.41, 5.74) is 0.121. The van der Waals surface area contributed by atoms with Crippen LogP contribution in [0.5, 0.6) is 0 Å². The van der Waals surface area contributed by atoms with Crippen molar-refractivity contribution < 1.29 is 14.6 Å². The van der Waals surface area contributed by atoms with Crippen LogP contribution in [0, 0.1) is 5.41 Å². The second kappa shape index (κ2) is 6.85. The van der Waals surface area contributed by atoms with E-state index in [1.165, 1.54) is 7.11 Å². The Morgan fingerprint density at radius 3 is 2.56 bits per heavy atom. The molecule has 2 atom stereocenters. The van der Waals surface area contributed by atoms with Crippen LogP contribution in [0.15, 0.2) is 67.3 Å². The van der Waals surface area contributed by atoms with Crippen LogP contribution in [-0.4, -0.2) is 18.2 Å². The Kier molecular flexibility index (Phi) is 4.78. The summed E-state index contributed by atoms with van der Waals surface area (Å²) in [5.74, 6) is -0.366.